The summed E-state index contributed by atoms with van der Waals surface area (Å²) in [7, 11) is 0. The summed E-state index contributed by atoms with van der Waals surface area (Å²) in [6.45, 7) is 0. The normalized spacial score (nSPS) is 14.2. The van der Waals surface area contributed by atoms with E-state index < -0.39 is 24.1 Å². The van der Waals surface area contributed by atoms with Crippen molar-refractivity contribution in [3.63, 3.8) is 0 Å². The Bertz CT molecular complexity index is 800. The van der Waals surface area contributed by atoms with Crippen molar-refractivity contribution < 1.29 is 27.6 Å². The third kappa shape index (κ3) is 3.90. The number of carbonyl (C=O) groups is 2. The van der Waals surface area contributed by atoms with Crippen molar-refractivity contribution in [1.82, 2.24) is 10.0 Å². The fraction of sp³-hybridized carbons (Fsp3) is 0.267. The Morgan fingerprint density at radius 2 is 1.88 bits per heavy atom. The van der Waals surface area contributed by atoms with Crippen LogP contribution in [0.4, 0.5) is 18.3 Å². The van der Waals surface area contributed by atoms with Gasteiger partial charge in [0.25, 0.3) is 5.91 Å². The maximum Gasteiger partial charge on any atom is 0.493 e. The van der Waals surface area contributed by atoms with Crippen molar-refractivity contribution in [1.29, 1.82) is 0 Å². The van der Waals surface area contributed by atoms with Crippen LogP contribution in [0.3, 0.4) is 0 Å². The number of nitrogen functional groups attached to an aromatic ring is 1. The highest BCUT2D eigenvalue weighted by Crippen LogP contribution is 2.31. The first-order valence-electron chi connectivity index (χ1n) is 7.20. The molecule has 0 radical (unpaired) electrons. The second kappa shape index (κ2) is 6.36. The molecule has 1 amide bonds. The summed E-state index contributed by atoms with van der Waals surface area (Å²) in [4.78, 5) is 31.8. The lowest BCUT2D eigenvalue weighted by Crippen LogP contribution is -2.40. The van der Waals surface area contributed by atoms with Crippen LogP contribution >= 0.6 is 11.3 Å². The number of benzene rings is 1. The van der Waals surface area contributed by atoms with Crippen LogP contribution in [-0.2, 0) is 9.63 Å². The predicted octanol–water partition coefficient (Wildman–Crippen LogP) is 3.02. The van der Waals surface area contributed by atoms with Crippen LogP contribution in [-0.4, -0.2) is 34.1 Å². The van der Waals surface area contributed by atoms with Gasteiger partial charge in [-0.15, -0.1) is 11.3 Å². The topological polar surface area (TPSA) is 85.5 Å². The van der Waals surface area contributed by atoms with E-state index in [1.807, 2.05) is 0 Å². The first-order valence-corrected chi connectivity index (χ1v) is 8.08. The maximum atomic E-state index is 12.4. The van der Waals surface area contributed by atoms with Gasteiger partial charge in [0.1, 0.15) is 0 Å². The summed E-state index contributed by atoms with van der Waals surface area (Å²) in [6.07, 6.45) is -4.21. The smallest absolute Gasteiger partial charge is 0.375 e. The van der Waals surface area contributed by atoms with Gasteiger partial charge in [-0.25, -0.2) is 9.78 Å². The first kappa shape index (κ1) is 17.2. The molecule has 1 aromatic heterocycles. The summed E-state index contributed by atoms with van der Waals surface area (Å²) in [5, 5.41) is 2.65. The van der Waals surface area contributed by atoms with Gasteiger partial charge in [0.2, 0.25) is 0 Å². The lowest BCUT2D eigenvalue weighted by Gasteiger charge is -2.21. The first-order chi connectivity index (χ1) is 11.8. The molecule has 0 unspecified atom stereocenters. The minimum atomic E-state index is -5.16. The molecule has 0 saturated heterocycles. The van der Waals surface area contributed by atoms with Crippen LogP contribution in [0.15, 0.2) is 29.6 Å². The van der Waals surface area contributed by atoms with E-state index in [2.05, 4.69) is 9.82 Å². The number of carbonyl (C=O) groups excluding carboxylic acids is 2. The minimum absolute atomic E-state index is 0.105. The SMILES string of the molecule is Nc1nc(-c2ccc(C(=O)N(OC(=O)C(F)(F)F)C3CC3)cc2)cs1. The number of nitrogens with two attached hydrogens (primary N) is 1. The van der Waals surface area contributed by atoms with Crippen molar-refractivity contribution in [2.45, 2.75) is 25.1 Å². The van der Waals surface area contributed by atoms with Gasteiger partial charge in [-0.3, -0.25) is 4.79 Å². The molecular weight excluding hydrogens is 359 g/mol. The Hall–Kier alpha value is -2.62. The molecule has 132 valence electrons. The van der Waals surface area contributed by atoms with Gasteiger partial charge in [-0.1, -0.05) is 12.1 Å². The number of anilines is 1. The van der Waals surface area contributed by atoms with E-state index in [1.54, 1.807) is 17.5 Å². The number of thiazole rings is 1. The van der Waals surface area contributed by atoms with Gasteiger partial charge in [0.15, 0.2) is 5.13 Å². The number of nitrogens with zero attached hydrogens (tertiary/aromatic N) is 2. The van der Waals surface area contributed by atoms with Crippen molar-refractivity contribution in [3.05, 3.63) is 35.2 Å². The highest BCUT2D eigenvalue weighted by molar-refractivity contribution is 7.13. The number of hydrogen-bond acceptors (Lipinski definition) is 6. The van der Waals surface area contributed by atoms with Gasteiger partial charge in [-0.2, -0.15) is 18.2 Å². The quantitative estimate of drug-likeness (QED) is 0.839. The average Bonchev–Trinajstić information content (AvgIpc) is 3.31. The van der Waals surface area contributed by atoms with Crippen LogP contribution in [0.5, 0.6) is 0 Å². The molecule has 1 aromatic carbocycles. The Kier molecular flexibility index (Phi) is 4.38. The lowest BCUT2D eigenvalue weighted by molar-refractivity contribution is -0.230. The number of rotatable bonds is 3. The lowest BCUT2D eigenvalue weighted by atomic mass is 10.1. The monoisotopic (exact) mass is 371 g/mol. The average molecular weight is 371 g/mol. The van der Waals surface area contributed by atoms with Crippen LogP contribution in [0.25, 0.3) is 11.3 Å². The van der Waals surface area contributed by atoms with E-state index in [4.69, 9.17) is 5.73 Å². The van der Waals surface area contributed by atoms with E-state index in [1.165, 1.54) is 23.5 Å². The van der Waals surface area contributed by atoms with Crippen LogP contribution in [0.1, 0.15) is 23.2 Å². The molecule has 25 heavy (non-hydrogen) atoms. The molecule has 1 heterocycles. The van der Waals surface area contributed by atoms with Crippen LogP contribution in [0.2, 0.25) is 0 Å². The molecule has 1 fully saturated rings. The fourth-order valence-electron chi connectivity index (χ4n) is 2.06. The Labute approximate surface area is 144 Å². The minimum Gasteiger partial charge on any atom is -0.375 e. The van der Waals surface area contributed by atoms with Gasteiger partial charge >= 0.3 is 12.1 Å². The fourth-order valence-corrected chi connectivity index (χ4v) is 2.64. The van der Waals surface area contributed by atoms with Gasteiger partial charge in [0, 0.05) is 16.5 Å². The van der Waals surface area contributed by atoms with Crippen LogP contribution in [0, 0.1) is 0 Å². The second-order valence-electron chi connectivity index (χ2n) is 5.39. The van der Waals surface area contributed by atoms with Crippen molar-refractivity contribution in [2.24, 2.45) is 0 Å². The van der Waals surface area contributed by atoms with Gasteiger partial charge in [-0.05, 0) is 25.0 Å². The Morgan fingerprint density at radius 3 is 2.36 bits per heavy atom. The molecule has 1 aliphatic carbocycles. The van der Waals surface area contributed by atoms with Crippen molar-refractivity contribution in [3.8, 4) is 11.3 Å². The molecular formula is C15H12F3N3O3S. The zero-order valence-electron chi connectivity index (χ0n) is 12.6. The third-order valence-corrected chi connectivity index (χ3v) is 4.11. The summed E-state index contributed by atoms with van der Waals surface area (Å²) < 4.78 is 37.1. The van der Waals surface area contributed by atoms with Gasteiger partial charge in [0.05, 0.1) is 11.7 Å². The zero-order chi connectivity index (χ0) is 18.2. The number of aromatic nitrogens is 1. The molecule has 0 atom stereocenters. The standard InChI is InChI=1S/C15H12F3N3O3S/c16-15(17,18)13(23)24-21(10-5-6-10)12(22)9-3-1-8(2-4-9)11-7-25-14(19)20-11/h1-4,7,10H,5-6H2,(H2,19,20). The molecule has 2 N–H and O–H groups in total. The number of hydroxylamine groups is 2. The van der Waals surface area contributed by atoms with E-state index in [0.29, 0.717) is 34.3 Å². The van der Waals surface area contributed by atoms with E-state index in [9.17, 15) is 22.8 Å². The molecule has 0 bridgehead atoms. The van der Waals surface area contributed by atoms with Gasteiger partial charge < -0.3 is 10.6 Å². The highest BCUT2D eigenvalue weighted by Gasteiger charge is 2.46. The largest absolute Gasteiger partial charge is 0.493 e. The summed E-state index contributed by atoms with van der Waals surface area (Å²) in [5.41, 5.74) is 7.00. The van der Waals surface area contributed by atoms with E-state index >= 15 is 0 Å². The Morgan fingerprint density at radius 1 is 1.24 bits per heavy atom. The van der Waals surface area contributed by atoms with Crippen molar-refractivity contribution in [2.75, 3.05) is 5.73 Å². The number of halogens is 3. The summed E-state index contributed by atoms with van der Waals surface area (Å²) >= 11 is 1.26. The molecule has 0 spiro atoms. The highest BCUT2D eigenvalue weighted by atomic mass is 32.1. The molecule has 6 nitrogen and oxygen atoms in total. The third-order valence-electron chi connectivity index (χ3n) is 3.44. The molecule has 3 rings (SSSR count). The van der Waals surface area contributed by atoms with Crippen LogP contribution < -0.4 is 5.73 Å². The Balaban J connectivity index is 1.77. The number of alkyl halides is 3. The molecule has 1 aliphatic rings. The maximum absolute atomic E-state index is 12.4. The summed E-state index contributed by atoms with van der Waals surface area (Å²) in [5.74, 6) is -3.22. The number of hydrogen-bond donors (Lipinski definition) is 1. The molecule has 10 heteroatoms. The molecule has 2 aromatic rings. The second-order valence-corrected chi connectivity index (χ2v) is 6.28. The summed E-state index contributed by atoms with van der Waals surface area (Å²) in [6, 6.07) is 5.53. The molecule has 0 aliphatic heterocycles. The van der Waals surface area contributed by atoms with E-state index in [-0.39, 0.29) is 5.56 Å². The molecule has 1 saturated carbocycles. The predicted molar refractivity (Wildman–Crippen MR) is 83.3 cm³/mol. The van der Waals surface area contributed by atoms with Crippen molar-refractivity contribution >= 4 is 28.3 Å². The van der Waals surface area contributed by atoms with E-state index in [0.717, 1.165) is 0 Å². The number of amides is 1. The zero-order valence-corrected chi connectivity index (χ0v) is 13.4.